The number of rotatable bonds is 5. The van der Waals surface area contributed by atoms with Gasteiger partial charge >= 0.3 is 0 Å². The van der Waals surface area contributed by atoms with Gasteiger partial charge in [0.2, 0.25) is 5.91 Å². The molecule has 0 aromatic heterocycles. The van der Waals surface area contributed by atoms with Crippen LogP contribution in [0, 0.1) is 0 Å². The van der Waals surface area contributed by atoms with Gasteiger partial charge in [-0.15, -0.1) is 0 Å². The average molecular weight is 208 g/mol. The number of amides is 1. The van der Waals surface area contributed by atoms with Crippen LogP contribution >= 0.6 is 0 Å². The molecule has 4 heteroatoms. The van der Waals surface area contributed by atoms with Gasteiger partial charge in [0.25, 0.3) is 0 Å². The summed E-state index contributed by atoms with van der Waals surface area (Å²) in [5.41, 5.74) is 0.610. The fraction of sp³-hybridized carbons (Fsp3) is 0.364. The van der Waals surface area contributed by atoms with Crippen molar-refractivity contribution in [1.29, 1.82) is 0 Å². The van der Waals surface area contributed by atoms with E-state index in [9.17, 15) is 9.90 Å². The molecule has 0 heterocycles. The molecule has 0 fully saturated rings. The molecule has 0 radical (unpaired) electrons. The number of phenolic OH excluding ortho intramolecular Hbond substituents is 1. The molecule has 1 aromatic rings. The van der Waals surface area contributed by atoms with Gasteiger partial charge in [-0.3, -0.25) is 4.79 Å². The first-order valence-electron chi connectivity index (χ1n) is 5.02. The molecule has 0 saturated heterocycles. The van der Waals surface area contributed by atoms with Crippen LogP contribution in [0.5, 0.6) is 5.75 Å². The highest BCUT2D eigenvalue weighted by atomic mass is 16.3. The molecule has 0 atom stereocenters. The van der Waals surface area contributed by atoms with Gasteiger partial charge in [0.15, 0.2) is 0 Å². The third-order valence-electron chi connectivity index (χ3n) is 1.84. The summed E-state index contributed by atoms with van der Waals surface area (Å²) >= 11 is 0. The Morgan fingerprint density at radius 3 is 2.93 bits per heavy atom. The van der Waals surface area contributed by atoms with Crippen molar-refractivity contribution in [3.63, 3.8) is 0 Å². The lowest BCUT2D eigenvalue weighted by Gasteiger charge is -2.05. The molecule has 0 saturated carbocycles. The number of hydrogen-bond acceptors (Lipinski definition) is 3. The maximum absolute atomic E-state index is 11.3. The fourth-order valence-corrected chi connectivity index (χ4v) is 1.17. The lowest BCUT2D eigenvalue weighted by molar-refractivity contribution is -0.115. The highest BCUT2D eigenvalue weighted by molar-refractivity contribution is 5.92. The van der Waals surface area contributed by atoms with E-state index in [1.54, 1.807) is 18.2 Å². The summed E-state index contributed by atoms with van der Waals surface area (Å²) in [4.78, 5) is 11.3. The summed E-state index contributed by atoms with van der Waals surface area (Å²) in [6.45, 7) is 3.16. The predicted molar refractivity (Wildman–Crippen MR) is 59.9 cm³/mol. The largest absolute Gasteiger partial charge is 0.508 e. The van der Waals surface area contributed by atoms with Crippen molar-refractivity contribution < 1.29 is 9.90 Å². The number of benzene rings is 1. The molecular weight excluding hydrogens is 192 g/mol. The zero-order chi connectivity index (χ0) is 11.1. The van der Waals surface area contributed by atoms with E-state index in [0.29, 0.717) is 12.2 Å². The lowest BCUT2D eigenvalue weighted by Crippen LogP contribution is -2.28. The topological polar surface area (TPSA) is 61.4 Å². The van der Waals surface area contributed by atoms with Crippen LogP contribution in [0.1, 0.15) is 13.3 Å². The van der Waals surface area contributed by atoms with Crippen molar-refractivity contribution in [2.75, 3.05) is 18.4 Å². The highest BCUT2D eigenvalue weighted by Gasteiger charge is 2.01. The summed E-state index contributed by atoms with van der Waals surface area (Å²) in [5, 5.41) is 14.8. The van der Waals surface area contributed by atoms with E-state index in [1.165, 1.54) is 6.07 Å². The number of aromatic hydroxyl groups is 1. The Kier molecular flexibility index (Phi) is 4.63. The summed E-state index contributed by atoms with van der Waals surface area (Å²) in [6.07, 6.45) is 0.999. The number of phenols is 1. The van der Waals surface area contributed by atoms with Crippen molar-refractivity contribution in [2.45, 2.75) is 13.3 Å². The van der Waals surface area contributed by atoms with Gasteiger partial charge in [-0.05, 0) is 25.1 Å². The fourth-order valence-electron chi connectivity index (χ4n) is 1.17. The maximum Gasteiger partial charge on any atom is 0.238 e. The predicted octanol–water partition coefficient (Wildman–Crippen LogP) is 1.33. The molecule has 0 bridgehead atoms. The SMILES string of the molecule is CCCNCC(=O)Nc1cccc(O)c1. The molecule has 82 valence electrons. The molecule has 0 aliphatic carbocycles. The molecule has 0 aliphatic heterocycles. The van der Waals surface area contributed by atoms with Gasteiger partial charge in [-0.25, -0.2) is 0 Å². The molecule has 4 nitrogen and oxygen atoms in total. The smallest absolute Gasteiger partial charge is 0.238 e. The molecule has 0 aliphatic rings. The molecule has 0 unspecified atom stereocenters. The van der Waals surface area contributed by atoms with Crippen molar-refractivity contribution in [3.05, 3.63) is 24.3 Å². The number of hydrogen-bond donors (Lipinski definition) is 3. The van der Waals surface area contributed by atoms with Crippen molar-refractivity contribution in [2.24, 2.45) is 0 Å². The van der Waals surface area contributed by atoms with Gasteiger partial charge < -0.3 is 15.7 Å². The van der Waals surface area contributed by atoms with Gasteiger partial charge in [-0.2, -0.15) is 0 Å². The van der Waals surface area contributed by atoms with E-state index in [0.717, 1.165) is 13.0 Å². The van der Waals surface area contributed by atoms with Crippen molar-refractivity contribution in [3.8, 4) is 5.75 Å². The molecule has 1 rings (SSSR count). The molecule has 0 spiro atoms. The normalized spacial score (nSPS) is 9.93. The second-order valence-corrected chi connectivity index (χ2v) is 3.28. The van der Waals surface area contributed by atoms with Crippen LogP contribution in [0.2, 0.25) is 0 Å². The third-order valence-corrected chi connectivity index (χ3v) is 1.84. The molecular formula is C11H16N2O2. The quantitative estimate of drug-likeness (QED) is 0.640. The molecule has 1 aromatic carbocycles. The van der Waals surface area contributed by atoms with E-state index >= 15 is 0 Å². The van der Waals surface area contributed by atoms with E-state index in [4.69, 9.17) is 0 Å². The van der Waals surface area contributed by atoms with Crippen LogP contribution in [0.25, 0.3) is 0 Å². The minimum atomic E-state index is -0.103. The second kappa shape index (κ2) is 6.03. The first-order chi connectivity index (χ1) is 7.22. The van der Waals surface area contributed by atoms with Crippen LogP contribution in [0.3, 0.4) is 0 Å². The first-order valence-corrected chi connectivity index (χ1v) is 5.02. The lowest BCUT2D eigenvalue weighted by atomic mass is 10.3. The van der Waals surface area contributed by atoms with Crippen LogP contribution in [-0.4, -0.2) is 24.1 Å². The number of nitrogens with one attached hydrogen (secondary N) is 2. The van der Waals surface area contributed by atoms with E-state index in [-0.39, 0.29) is 11.7 Å². The maximum atomic E-state index is 11.3. The molecule has 3 N–H and O–H groups in total. The third kappa shape index (κ3) is 4.46. The Morgan fingerprint density at radius 2 is 2.27 bits per heavy atom. The molecule has 1 amide bonds. The monoisotopic (exact) mass is 208 g/mol. The second-order valence-electron chi connectivity index (χ2n) is 3.28. The number of anilines is 1. The Balaban J connectivity index is 2.37. The van der Waals surface area contributed by atoms with Gasteiger partial charge in [0.05, 0.1) is 6.54 Å². The van der Waals surface area contributed by atoms with Crippen LogP contribution in [0.15, 0.2) is 24.3 Å². The summed E-state index contributed by atoms with van der Waals surface area (Å²) < 4.78 is 0. The highest BCUT2D eigenvalue weighted by Crippen LogP contribution is 2.14. The van der Waals surface area contributed by atoms with Crippen LogP contribution in [-0.2, 0) is 4.79 Å². The standard InChI is InChI=1S/C11H16N2O2/c1-2-6-12-8-11(15)13-9-4-3-5-10(14)7-9/h3-5,7,12,14H,2,6,8H2,1H3,(H,13,15). The van der Waals surface area contributed by atoms with Crippen molar-refractivity contribution >= 4 is 11.6 Å². The number of carbonyl (C=O) groups is 1. The van der Waals surface area contributed by atoms with Gasteiger partial charge in [0.1, 0.15) is 5.75 Å². The minimum Gasteiger partial charge on any atom is -0.508 e. The van der Waals surface area contributed by atoms with Gasteiger partial charge in [-0.1, -0.05) is 13.0 Å². The van der Waals surface area contributed by atoms with Crippen molar-refractivity contribution in [1.82, 2.24) is 5.32 Å². The average Bonchev–Trinajstić information content (AvgIpc) is 2.18. The first kappa shape index (κ1) is 11.5. The molecule has 15 heavy (non-hydrogen) atoms. The van der Waals surface area contributed by atoms with E-state index in [1.807, 2.05) is 6.92 Å². The van der Waals surface area contributed by atoms with E-state index < -0.39 is 0 Å². The summed E-state index contributed by atoms with van der Waals surface area (Å²) in [6, 6.07) is 6.49. The number of carbonyl (C=O) groups excluding carboxylic acids is 1. The van der Waals surface area contributed by atoms with Crippen LogP contribution < -0.4 is 10.6 Å². The van der Waals surface area contributed by atoms with Gasteiger partial charge in [0, 0.05) is 11.8 Å². The zero-order valence-electron chi connectivity index (χ0n) is 8.79. The summed E-state index contributed by atoms with van der Waals surface area (Å²) in [5.74, 6) is 0.0448. The Labute approximate surface area is 89.3 Å². The Morgan fingerprint density at radius 1 is 1.47 bits per heavy atom. The van der Waals surface area contributed by atoms with E-state index in [2.05, 4.69) is 10.6 Å². The Bertz CT molecular complexity index is 326. The summed E-state index contributed by atoms with van der Waals surface area (Å²) in [7, 11) is 0. The Hall–Kier alpha value is -1.55. The zero-order valence-corrected chi connectivity index (χ0v) is 8.79. The van der Waals surface area contributed by atoms with Crippen LogP contribution in [0.4, 0.5) is 5.69 Å². The minimum absolute atomic E-state index is 0.103.